The summed E-state index contributed by atoms with van der Waals surface area (Å²) in [6, 6.07) is 31.2. The van der Waals surface area contributed by atoms with Gasteiger partial charge in [-0.1, -0.05) is 212 Å². The van der Waals surface area contributed by atoms with E-state index < -0.39 is 129 Å². The molecule has 0 spiro atoms. The molecule has 4 heterocycles. The zero-order valence-electron chi connectivity index (χ0n) is 56.5. The summed E-state index contributed by atoms with van der Waals surface area (Å²) in [4.78, 5) is 10.2. The fourth-order valence-corrected chi connectivity index (χ4v) is 15.0. The molecule has 0 radical (unpaired) electrons. The van der Waals surface area contributed by atoms with Crippen molar-refractivity contribution in [3.8, 4) is 28.7 Å². The Morgan fingerprint density at radius 1 is 0.329 bits per heavy atom. The lowest BCUT2D eigenvalue weighted by atomic mass is 10.1. The Kier molecular flexibility index (Phi) is 5.67. The van der Waals surface area contributed by atoms with Crippen LogP contribution in [0.1, 0.15) is 27.4 Å². The number of fused-ring (bicyclic) bond motifs is 9. The summed E-state index contributed by atoms with van der Waals surface area (Å²) in [5.74, 6) is -0.896. The van der Waals surface area contributed by atoms with Crippen LogP contribution in [0, 0.1) is 0 Å². The van der Waals surface area contributed by atoms with Gasteiger partial charge in [0.05, 0.1) is 71.9 Å². The fraction of sp³-hybridized carbons (Fsp3) is 0. The monoisotopic (exact) mass is 929 g/mol. The Balaban J connectivity index is 1.18. The maximum absolute atomic E-state index is 9.76. The summed E-state index contributed by atoms with van der Waals surface area (Å²) in [6.07, 6.45) is 0. The molecule has 0 saturated carbocycles. The largest absolute Gasteiger partial charge is 0.309 e. The first-order chi connectivity index (χ1) is 43.1. The molecule has 14 aromatic rings. The molecule has 0 saturated heterocycles. The second kappa shape index (κ2) is 16.0. The van der Waals surface area contributed by atoms with E-state index >= 15 is 0 Å². The van der Waals surface area contributed by atoms with Crippen molar-refractivity contribution >= 4 is 94.2 Å². The Hall–Kier alpha value is -9.10. The third-order valence-electron chi connectivity index (χ3n) is 13.1. The molecule has 14 rings (SSSR count). The maximum atomic E-state index is 9.76. The highest BCUT2D eigenvalue weighted by molar-refractivity contribution is 7.20. The minimum absolute atomic E-state index is 0.0604. The minimum Gasteiger partial charge on any atom is -0.309 e. The molecule has 0 unspecified atom stereocenters. The number of rotatable bonds is 8. The van der Waals surface area contributed by atoms with Crippen LogP contribution in [-0.2, 0) is 0 Å². The van der Waals surface area contributed by atoms with Gasteiger partial charge < -0.3 is 4.57 Å². The zero-order valence-corrected chi connectivity index (χ0v) is 37.5. The molecule has 6 heteroatoms. The topological polar surface area (TPSA) is 40.6 Å². The number of aromatic nitrogens is 5. The smallest absolute Gasteiger partial charge is 0.237 e. The molecule has 328 valence electrons. The first-order valence-electron chi connectivity index (χ1n) is 32.3. The van der Waals surface area contributed by atoms with Crippen molar-refractivity contribution < 1.29 is 27.4 Å². The van der Waals surface area contributed by atoms with Crippen molar-refractivity contribution in [2.75, 3.05) is 0 Å². The lowest BCUT2D eigenvalue weighted by Crippen LogP contribution is -2.74. The van der Waals surface area contributed by atoms with E-state index in [-0.39, 0.29) is 83.3 Å². The minimum atomic E-state index is -3.37. The van der Waals surface area contributed by atoms with E-state index in [9.17, 15) is 15.1 Å². The first-order valence-corrected chi connectivity index (χ1v) is 24.3. The standard InChI is InChI=1S/C64H43N5Si/c1-4-22-44(23-5-1)70(45-24-6-2-7-25-45,46-26-8-3-9-27-46)47-40-41-53-52-32-10-16-34-56(52)67(62(53)42-47)61-39-21-15-33-54(61)55-43-63(68-57-35-17-11-28-48(57)49-29-12-18-36-58(49)68)66-64(65-55)69-59-37-19-13-30-50(59)51-31-14-20-38-60(51)69/h1-43H/i10D,11D,12D,13D,14D,16D,17D,18D,19D,20D,28D,29D,30D,31D,32D,34D,35D,36D,37D,38D. The number of hydrogen-bond donors (Lipinski definition) is 0. The molecule has 4 aromatic heterocycles. The average Bonchev–Trinajstić information content (AvgIpc) is 1.48. The second-order valence-electron chi connectivity index (χ2n) is 16.6. The fourth-order valence-electron chi connectivity index (χ4n) is 10.2. The zero-order chi connectivity index (χ0) is 63.6. The molecule has 0 atom stereocenters. The van der Waals surface area contributed by atoms with Gasteiger partial charge in [-0.3, -0.25) is 9.13 Å². The first kappa shape index (κ1) is 24.8. The van der Waals surface area contributed by atoms with E-state index in [1.165, 1.54) is 6.07 Å². The summed E-state index contributed by atoms with van der Waals surface area (Å²) in [5.41, 5.74) is -0.695. The summed E-state index contributed by atoms with van der Waals surface area (Å²) in [6.45, 7) is 0. The number of nitrogens with zero attached hydrogens (tertiary/aromatic N) is 5. The molecule has 0 aliphatic heterocycles. The van der Waals surface area contributed by atoms with Crippen molar-refractivity contribution in [2.24, 2.45) is 0 Å². The molecule has 0 aliphatic carbocycles. The quantitative estimate of drug-likeness (QED) is 0.113. The van der Waals surface area contributed by atoms with Gasteiger partial charge in [-0.2, -0.15) is 4.98 Å². The van der Waals surface area contributed by atoms with Gasteiger partial charge in [0.15, 0.2) is 8.07 Å². The van der Waals surface area contributed by atoms with Crippen molar-refractivity contribution in [2.45, 2.75) is 0 Å². The Bertz CT molecular complexity index is 5070. The molecule has 5 nitrogen and oxygen atoms in total. The van der Waals surface area contributed by atoms with E-state index in [1.807, 2.05) is 72.8 Å². The van der Waals surface area contributed by atoms with E-state index in [4.69, 9.17) is 22.3 Å². The van der Waals surface area contributed by atoms with Crippen LogP contribution in [0.15, 0.2) is 260 Å². The van der Waals surface area contributed by atoms with Crippen molar-refractivity contribution in [3.05, 3.63) is 260 Å². The molecule has 0 aliphatic rings. The van der Waals surface area contributed by atoms with Gasteiger partial charge in [0.25, 0.3) is 0 Å². The molecule has 10 aromatic carbocycles. The van der Waals surface area contributed by atoms with Crippen LogP contribution >= 0.6 is 0 Å². The molecular weight excluding hydrogens is 867 g/mol. The van der Waals surface area contributed by atoms with Crippen LogP contribution in [0.25, 0.3) is 94.1 Å². The van der Waals surface area contributed by atoms with Gasteiger partial charge in [0.1, 0.15) is 5.82 Å². The Morgan fingerprint density at radius 2 is 0.743 bits per heavy atom. The molecule has 0 amide bonds. The lowest BCUT2D eigenvalue weighted by molar-refractivity contribution is 0.951. The highest BCUT2D eigenvalue weighted by atomic mass is 28.3. The molecule has 70 heavy (non-hydrogen) atoms. The van der Waals surface area contributed by atoms with Crippen LogP contribution in [0.4, 0.5) is 0 Å². The van der Waals surface area contributed by atoms with Crippen LogP contribution < -0.4 is 20.7 Å². The van der Waals surface area contributed by atoms with Gasteiger partial charge in [-0.25, -0.2) is 4.98 Å². The summed E-state index contributed by atoms with van der Waals surface area (Å²) >= 11 is 0. The predicted molar refractivity (Wildman–Crippen MR) is 294 cm³/mol. The summed E-state index contributed by atoms with van der Waals surface area (Å²) < 4.78 is 187. The number of para-hydroxylation sites is 6. The number of benzene rings is 10. The number of hydrogen-bond acceptors (Lipinski definition) is 2. The SMILES string of the molecule is [2H]c1c([2H])c([2H])c2c(c1[2H])c1ccc([Si](c3ccccc3)(c3ccccc3)c3ccccc3)cc1n2-c1ccccc1-c1cc(-n2c3c([2H])c([2H])c([2H])c([2H])c3c3c([2H])c([2H])c([2H])c([2H])c32)nc(-n2c3c([2H])c([2H])c([2H])c([2H])c3c3c([2H])c([2H])c([2H])c([2H])c32)n1. The van der Waals surface area contributed by atoms with Crippen LogP contribution in [0.3, 0.4) is 0 Å². The van der Waals surface area contributed by atoms with Crippen molar-refractivity contribution in [3.63, 3.8) is 0 Å². The van der Waals surface area contributed by atoms with Gasteiger partial charge in [-0.05, 0) is 63.1 Å². The molecule has 0 bridgehead atoms. The molecule has 0 N–H and O–H groups in total. The highest BCUT2D eigenvalue weighted by Gasteiger charge is 2.41. The molecule has 0 fully saturated rings. The predicted octanol–water partition coefficient (Wildman–Crippen LogP) is 12.8. The summed E-state index contributed by atoms with van der Waals surface area (Å²) in [5, 5.41) is 3.30. The normalized spacial score (nSPS) is 16.0. The van der Waals surface area contributed by atoms with Gasteiger partial charge in [-0.15, -0.1) is 0 Å². The second-order valence-corrected chi connectivity index (χ2v) is 20.4. The third-order valence-corrected chi connectivity index (χ3v) is 17.8. The van der Waals surface area contributed by atoms with Crippen molar-refractivity contribution in [1.82, 2.24) is 23.7 Å². The lowest BCUT2D eigenvalue weighted by Gasteiger charge is -2.34. The highest BCUT2D eigenvalue weighted by Crippen LogP contribution is 2.39. The van der Waals surface area contributed by atoms with Crippen LogP contribution in [0.2, 0.25) is 0 Å². The average molecular weight is 930 g/mol. The van der Waals surface area contributed by atoms with Crippen LogP contribution in [-0.4, -0.2) is 31.7 Å². The van der Waals surface area contributed by atoms with Crippen molar-refractivity contribution in [1.29, 1.82) is 0 Å². The van der Waals surface area contributed by atoms with Crippen LogP contribution in [0.5, 0.6) is 0 Å². The van der Waals surface area contributed by atoms with Gasteiger partial charge >= 0.3 is 0 Å². The van der Waals surface area contributed by atoms with E-state index in [1.54, 1.807) is 28.8 Å². The summed E-state index contributed by atoms with van der Waals surface area (Å²) in [7, 11) is -3.37. The third kappa shape index (κ3) is 5.97. The van der Waals surface area contributed by atoms with Gasteiger partial charge in [0, 0.05) is 43.9 Å². The van der Waals surface area contributed by atoms with E-state index in [0.717, 1.165) is 29.9 Å². The van der Waals surface area contributed by atoms with Gasteiger partial charge in [0.2, 0.25) is 5.95 Å². The van der Waals surface area contributed by atoms with E-state index in [2.05, 4.69) is 36.4 Å². The molecular formula is C64H43N5Si. The Labute approximate surface area is 433 Å². The Morgan fingerprint density at radius 3 is 1.24 bits per heavy atom. The van der Waals surface area contributed by atoms with E-state index in [0.29, 0.717) is 10.9 Å². The maximum Gasteiger partial charge on any atom is 0.237 e.